The van der Waals surface area contributed by atoms with Crippen molar-refractivity contribution in [3.8, 4) is 11.4 Å². The first-order chi connectivity index (χ1) is 12.6. The third kappa shape index (κ3) is 3.22. The van der Waals surface area contributed by atoms with E-state index in [9.17, 15) is 9.59 Å². The predicted molar refractivity (Wildman–Crippen MR) is 94.6 cm³/mol. The Labute approximate surface area is 151 Å². The molecule has 0 atom stereocenters. The number of ether oxygens (including phenoxy) is 2. The number of methoxy groups -OCH3 is 1. The average Bonchev–Trinajstić information content (AvgIpc) is 3.06. The number of benzene rings is 1. The van der Waals surface area contributed by atoms with Crippen LogP contribution in [0.3, 0.4) is 0 Å². The second kappa shape index (κ2) is 7.47. The Hall–Kier alpha value is -3.03. The van der Waals surface area contributed by atoms with Gasteiger partial charge < -0.3 is 19.7 Å². The highest BCUT2D eigenvalue weighted by Gasteiger charge is 2.30. The predicted octanol–water partition coefficient (Wildman–Crippen LogP) is 1.76. The maximum Gasteiger partial charge on any atom is 0.359 e. The number of amides is 2. The summed E-state index contributed by atoms with van der Waals surface area (Å²) in [6, 6.07) is 7.26. The molecule has 26 heavy (non-hydrogen) atoms. The summed E-state index contributed by atoms with van der Waals surface area (Å²) in [6.07, 6.45) is 0.598. The molecule has 0 fully saturated rings. The molecular formula is C18H22N4O4. The summed E-state index contributed by atoms with van der Waals surface area (Å²) in [5.74, 6) is 0.265. The number of nitrogens with one attached hydrogen (secondary N) is 1. The van der Waals surface area contributed by atoms with Crippen molar-refractivity contribution in [2.24, 2.45) is 0 Å². The van der Waals surface area contributed by atoms with Gasteiger partial charge in [0.15, 0.2) is 5.69 Å². The van der Waals surface area contributed by atoms with Gasteiger partial charge in [0.2, 0.25) is 0 Å². The number of urea groups is 1. The van der Waals surface area contributed by atoms with Gasteiger partial charge in [-0.1, -0.05) is 0 Å². The SMILES string of the molecule is CCOC(=O)c1nn(-c2ccc(OC)cc2)c2c1CN(C(=O)NC)CC2. The lowest BCUT2D eigenvalue weighted by Crippen LogP contribution is -2.41. The minimum Gasteiger partial charge on any atom is -0.497 e. The van der Waals surface area contributed by atoms with Crippen LogP contribution in [0.4, 0.5) is 4.79 Å². The van der Waals surface area contributed by atoms with E-state index < -0.39 is 5.97 Å². The molecule has 2 amide bonds. The first-order valence-electron chi connectivity index (χ1n) is 8.48. The lowest BCUT2D eigenvalue weighted by molar-refractivity contribution is 0.0516. The van der Waals surface area contributed by atoms with Crippen LogP contribution in [0.15, 0.2) is 24.3 Å². The number of rotatable bonds is 4. The van der Waals surface area contributed by atoms with Crippen LogP contribution >= 0.6 is 0 Å². The third-order valence-corrected chi connectivity index (χ3v) is 4.34. The van der Waals surface area contributed by atoms with E-state index in [0.717, 1.165) is 22.7 Å². The number of hydrogen-bond donors (Lipinski definition) is 1. The Morgan fingerprint density at radius 3 is 2.62 bits per heavy atom. The van der Waals surface area contributed by atoms with Crippen molar-refractivity contribution in [3.63, 3.8) is 0 Å². The van der Waals surface area contributed by atoms with Crippen LogP contribution in [0.25, 0.3) is 5.69 Å². The molecule has 0 aliphatic carbocycles. The molecule has 2 heterocycles. The zero-order valence-corrected chi connectivity index (χ0v) is 15.1. The first-order valence-corrected chi connectivity index (χ1v) is 8.48. The maximum atomic E-state index is 12.4. The minimum atomic E-state index is -0.477. The van der Waals surface area contributed by atoms with Gasteiger partial charge in [-0.2, -0.15) is 5.10 Å². The molecule has 0 saturated heterocycles. The molecule has 1 aliphatic heterocycles. The number of carbonyl (C=O) groups excluding carboxylic acids is 2. The van der Waals surface area contributed by atoms with Crippen molar-refractivity contribution >= 4 is 12.0 Å². The van der Waals surface area contributed by atoms with Crippen LogP contribution in [0, 0.1) is 0 Å². The van der Waals surface area contributed by atoms with Gasteiger partial charge in [0.25, 0.3) is 0 Å². The molecule has 0 radical (unpaired) electrons. The standard InChI is InChI=1S/C18H22N4O4/c1-4-26-17(23)16-14-11-21(18(24)19-2)10-9-15(14)22(20-16)12-5-7-13(25-3)8-6-12/h5-8H,4,9-11H2,1-3H3,(H,19,24). The van der Waals surface area contributed by atoms with Gasteiger partial charge in [-0.15, -0.1) is 0 Å². The molecule has 1 aromatic heterocycles. The quantitative estimate of drug-likeness (QED) is 0.842. The normalized spacial score (nSPS) is 13.1. The van der Waals surface area contributed by atoms with Crippen molar-refractivity contribution in [1.29, 1.82) is 0 Å². The fourth-order valence-electron chi connectivity index (χ4n) is 3.05. The Kier molecular flexibility index (Phi) is 5.11. The van der Waals surface area contributed by atoms with E-state index in [1.165, 1.54) is 0 Å². The molecule has 2 aromatic rings. The summed E-state index contributed by atoms with van der Waals surface area (Å²) in [7, 11) is 3.20. The summed E-state index contributed by atoms with van der Waals surface area (Å²) in [5, 5.41) is 7.12. The van der Waals surface area contributed by atoms with Gasteiger partial charge >= 0.3 is 12.0 Å². The molecular weight excluding hydrogens is 336 g/mol. The van der Waals surface area contributed by atoms with E-state index in [2.05, 4.69) is 10.4 Å². The van der Waals surface area contributed by atoms with Crippen LogP contribution in [0.2, 0.25) is 0 Å². The zero-order chi connectivity index (χ0) is 18.7. The summed E-state index contributed by atoms with van der Waals surface area (Å²) >= 11 is 0. The van der Waals surface area contributed by atoms with E-state index in [-0.39, 0.29) is 18.3 Å². The highest BCUT2D eigenvalue weighted by Crippen LogP contribution is 2.27. The topological polar surface area (TPSA) is 85.7 Å². The fourth-order valence-corrected chi connectivity index (χ4v) is 3.05. The molecule has 0 unspecified atom stereocenters. The number of esters is 1. The van der Waals surface area contributed by atoms with Crippen molar-refractivity contribution in [2.75, 3.05) is 27.3 Å². The number of aromatic nitrogens is 2. The van der Waals surface area contributed by atoms with Crippen LogP contribution in [-0.2, 0) is 17.7 Å². The lowest BCUT2D eigenvalue weighted by atomic mass is 10.1. The molecule has 1 N–H and O–H groups in total. The molecule has 1 aromatic carbocycles. The van der Waals surface area contributed by atoms with Crippen LogP contribution in [0.5, 0.6) is 5.75 Å². The Bertz CT molecular complexity index is 813. The van der Waals surface area contributed by atoms with Crippen molar-refractivity contribution in [1.82, 2.24) is 20.0 Å². The summed E-state index contributed by atoms with van der Waals surface area (Å²) < 4.78 is 12.1. The van der Waals surface area contributed by atoms with E-state index in [1.807, 2.05) is 24.3 Å². The Morgan fingerprint density at radius 2 is 2.00 bits per heavy atom. The van der Waals surface area contributed by atoms with E-state index in [1.54, 1.807) is 30.7 Å². The van der Waals surface area contributed by atoms with Gasteiger partial charge in [-0.05, 0) is 31.2 Å². The molecule has 8 heteroatoms. The molecule has 3 rings (SSSR count). The molecule has 138 valence electrons. The second-order valence-corrected chi connectivity index (χ2v) is 5.83. The second-order valence-electron chi connectivity index (χ2n) is 5.83. The van der Waals surface area contributed by atoms with Crippen LogP contribution in [0.1, 0.15) is 28.7 Å². The molecule has 8 nitrogen and oxygen atoms in total. The van der Waals surface area contributed by atoms with Crippen molar-refractivity contribution < 1.29 is 19.1 Å². The first kappa shape index (κ1) is 17.8. The van der Waals surface area contributed by atoms with Gasteiger partial charge in [0, 0.05) is 25.6 Å². The highest BCUT2D eigenvalue weighted by atomic mass is 16.5. The molecule has 1 aliphatic rings. The highest BCUT2D eigenvalue weighted by molar-refractivity contribution is 5.89. The number of nitrogens with zero attached hydrogens (tertiary/aromatic N) is 3. The molecule has 0 saturated carbocycles. The Balaban J connectivity index is 2.04. The van der Waals surface area contributed by atoms with Gasteiger partial charge in [-0.3, -0.25) is 0 Å². The van der Waals surface area contributed by atoms with Crippen molar-refractivity contribution in [2.45, 2.75) is 19.9 Å². The van der Waals surface area contributed by atoms with Crippen molar-refractivity contribution in [3.05, 3.63) is 41.2 Å². The lowest BCUT2D eigenvalue weighted by Gasteiger charge is -2.27. The fraction of sp³-hybridized carbons (Fsp3) is 0.389. The van der Waals surface area contributed by atoms with Gasteiger partial charge in [0.05, 0.1) is 31.6 Å². The number of hydrogen-bond acceptors (Lipinski definition) is 5. The smallest absolute Gasteiger partial charge is 0.359 e. The molecule has 0 spiro atoms. The van der Waals surface area contributed by atoms with Gasteiger partial charge in [0.1, 0.15) is 5.75 Å². The molecule has 0 bridgehead atoms. The van der Waals surface area contributed by atoms with E-state index in [0.29, 0.717) is 19.5 Å². The number of carbonyl (C=O) groups is 2. The van der Waals surface area contributed by atoms with E-state index in [4.69, 9.17) is 9.47 Å². The monoisotopic (exact) mass is 358 g/mol. The summed E-state index contributed by atoms with van der Waals surface area (Å²) in [4.78, 5) is 26.0. The van der Waals surface area contributed by atoms with Gasteiger partial charge in [-0.25, -0.2) is 14.3 Å². The minimum absolute atomic E-state index is 0.178. The summed E-state index contributed by atoms with van der Waals surface area (Å²) in [6.45, 7) is 2.89. The van der Waals surface area contributed by atoms with Crippen LogP contribution < -0.4 is 10.1 Å². The Morgan fingerprint density at radius 1 is 1.27 bits per heavy atom. The number of fused-ring (bicyclic) bond motifs is 1. The summed E-state index contributed by atoms with van der Waals surface area (Å²) in [5.41, 5.74) is 2.73. The zero-order valence-electron chi connectivity index (χ0n) is 15.1. The van der Waals surface area contributed by atoms with Crippen LogP contribution in [-0.4, -0.2) is 54.0 Å². The largest absolute Gasteiger partial charge is 0.497 e. The maximum absolute atomic E-state index is 12.4. The van der Waals surface area contributed by atoms with E-state index >= 15 is 0 Å². The average molecular weight is 358 g/mol. The third-order valence-electron chi connectivity index (χ3n) is 4.34.